The van der Waals surface area contributed by atoms with Gasteiger partial charge < -0.3 is 5.32 Å². The van der Waals surface area contributed by atoms with Crippen molar-refractivity contribution in [3.8, 4) is 0 Å². The quantitative estimate of drug-likeness (QED) is 0.825. The average Bonchev–Trinajstić information content (AvgIpc) is 2.35. The minimum Gasteiger partial charge on any atom is -0.320 e. The zero-order valence-corrected chi connectivity index (χ0v) is 12.7. The van der Waals surface area contributed by atoms with Crippen LogP contribution in [0.1, 0.15) is 65.2 Å². The second kappa shape index (κ2) is 6.38. The second-order valence-corrected chi connectivity index (χ2v) is 7.19. The molecule has 2 heteroatoms. The molecule has 1 saturated heterocycles. The highest BCUT2D eigenvalue weighted by Crippen LogP contribution is 2.39. The maximum atomic E-state index is 3.33. The van der Waals surface area contributed by atoms with Crippen molar-refractivity contribution in [2.45, 2.75) is 77.3 Å². The Kier molecular flexibility index (Phi) is 5.08. The molecule has 2 rings (SSSR count). The van der Waals surface area contributed by atoms with Crippen LogP contribution in [0.4, 0.5) is 0 Å². The lowest BCUT2D eigenvalue weighted by atomic mass is 9.74. The number of likely N-dealkylation sites (tertiary alicyclic amines) is 1. The Morgan fingerprint density at radius 3 is 2.72 bits per heavy atom. The highest BCUT2D eigenvalue weighted by molar-refractivity contribution is 4.89. The first-order valence-corrected chi connectivity index (χ1v) is 8.03. The maximum Gasteiger partial charge on any atom is 0.0110 e. The lowest BCUT2D eigenvalue weighted by Gasteiger charge is -2.46. The molecular formula is C16H32N2. The Labute approximate surface area is 114 Å². The van der Waals surface area contributed by atoms with E-state index in [-0.39, 0.29) is 0 Å². The first-order valence-electron chi connectivity index (χ1n) is 8.03. The van der Waals surface area contributed by atoms with Gasteiger partial charge >= 0.3 is 0 Å². The summed E-state index contributed by atoms with van der Waals surface area (Å²) in [5, 5.41) is 3.33. The molecular weight excluding hydrogens is 220 g/mol. The fourth-order valence-electron chi connectivity index (χ4n) is 4.07. The van der Waals surface area contributed by atoms with Gasteiger partial charge in [0.25, 0.3) is 0 Å². The molecule has 0 aromatic heterocycles. The molecule has 1 saturated carbocycles. The van der Waals surface area contributed by atoms with Crippen LogP contribution >= 0.6 is 0 Å². The van der Waals surface area contributed by atoms with Crippen molar-refractivity contribution in [1.82, 2.24) is 10.2 Å². The van der Waals surface area contributed by atoms with Crippen molar-refractivity contribution in [2.75, 3.05) is 20.1 Å². The van der Waals surface area contributed by atoms with E-state index in [1.165, 1.54) is 64.5 Å². The standard InChI is InChI=1S/C16H32N2/c1-16(2)10-6-8-15(13-16)18-12-5-4-7-14(18)9-11-17-3/h14-15,17H,4-13H2,1-3H3. The van der Waals surface area contributed by atoms with Crippen molar-refractivity contribution < 1.29 is 0 Å². The summed E-state index contributed by atoms with van der Waals surface area (Å²) in [4.78, 5) is 2.88. The smallest absolute Gasteiger partial charge is 0.0110 e. The normalized spacial score (nSPS) is 33.5. The average molecular weight is 252 g/mol. The van der Waals surface area contributed by atoms with Crippen LogP contribution in [0.2, 0.25) is 0 Å². The summed E-state index contributed by atoms with van der Waals surface area (Å²) in [7, 11) is 2.08. The summed E-state index contributed by atoms with van der Waals surface area (Å²) in [6.07, 6.45) is 11.4. The molecule has 2 atom stereocenters. The maximum absolute atomic E-state index is 3.33. The van der Waals surface area contributed by atoms with Crippen LogP contribution in [0.15, 0.2) is 0 Å². The minimum atomic E-state index is 0.577. The number of nitrogens with zero attached hydrogens (tertiary/aromatic N) is 1. The predicted octanol–water partition coefficient (Wildman–Crippen LogP) is 3.42. The molecule has 0 radical (unpaired) electrons. The third kappa shape index (κ3) is 3.71. The van der Waals surface area contributed by atoms with Gasteiger partial charge in [0.15, 0.2) is 0 Å². The lowest BCUT2D eigenvalue weighted by molar-refractivity contribution is 0.0357. The zero-order valence-electron chi connectivity index (χ0n) is 12.7. The van der Waals surface area contributed by atoms with Crippen LogP contribution in [0.25, 0.3) is 0 Å². The molecule has 0 spiro atoms. The number of nitrogens with one attached hydrogen (secondary N) is 1. The van der Waals surface area contributed by atoms with Crippen molar-refractivity contribution >= 4 is 0 Å². The van der Waals surface area contributed by atoms with E-state index in [1.807, 2.05) is 0 Å². The summed E-state index contributed by atoms with van der Waals surface area (Å²) in [6, 6.07) is 1.72. The zero-order chi connectivity index (χ0) is 13.0. The van der Waals surface area contributed by atoms with Crippen LogP contribution < -0.4 is 5.32 Å². The summed E-state index contributed by atoms with van der Waals surface area (Å²) in [5.41, 5.74) is 0.577. The van der Waals surface area contributed by atoms with Crippen LogP contribution in [0, 0.1) is 5.41 Å². The van der Waals surface area contributed by atoms with Gasteiger partial charge in [0.1, 0.15) is 0 Å². The lowest BCUT2D eigenvalue weighted by Crippen LogP contribution is -2.49. The van der Waals surface area contributed by atoms with E-state index in [9.17, 15) is 0 Å². The van der Waals surface area contributed by atoms with Crippen molar-refractivity contribution in [3.63, 3.8) is 0 Å². The molecule has 0 aromatic rings. The van der Waals surface area contributed by atoms with Gasteiger partial charge in [-0.15, -0.1) is 0 Å². The molecule has 18 heavy (non-hydrogen) atoms. The number of hydrogen-bond acceptors (Lipinski definition) is 2. The van der Waals surface area contributed by atoms with Gasteiger partial charge in [0.05, 0.1) is 0 Å². The summed E-state index contributed by atoms with van der Waals surface area (Å²) in [5.74, 6) is 0. The van der Waals surface area contributed by atoms with Gasteiger partial charge in [-0.1, -0.05) is 26.7 Å². The Bertz CT molecular complexity index is 249. The molecule has 0 aromatic carbocycles. The van der Waals surface area contributed by atoms with E-state index < -0.39 is 0 Å². The molecule has 106 valence electrons. The molecule has 0 amide bonds. The van der Waals surface area contributed by atoms with E-state index in [2.05, 4.69) is 31.1 Å². The Balaban J connectivity index is 1.95. The van der Waals surface area contributed by atoms with E-state index in [0.29, 0.717) is 5.41 Å². The van der Waals surface area contributed by atoms with Gasteiger partial charge in [-0.25, -0.2) is 0 Å². The monoisotopic (exact) mass is 252 g/mol. The predicted molar refractivity (Wildman–Crippen MR) is 78.9 cm³/mol. The fourth-order valence-corrected chi connectivity index (χ4v) is 4.07. The summed E-state index contributed by atoms with van der Waals surface area (Å²) < 4.78 is 0. The Hall–Kier alpha value is -0.0800. The van der Waals surface area contributed by atoms with Gasteiger partial charge in [0.2, 0.25) is 0 Å². The molecule has 1 N–H and O–H groups in total. The van der Waals surface area contributed by atoms with Gasteiger partial charge in [-0.2, -0.15) is 0 Å². The second-order valence-electron chi connectivity index (χ2n) is 7.19. The highest BCUT2D eigenvalue weighted by Gasteiger charge is 2.35. The molecule has 2 fully saturated rings. The van der Waals surface area contributed by atoms with Crippen LogP contribution in [-0.4, -0.2) is 37.1 Å². The fraction of sp³-hybridized carbons (Fsp3) is 1.00. The Morgan fingerprint density at radius 2 is 2.00 bits per heavy atom. The van der Waals surface area contributed by atoms with Crippen molar-refractivity contribution in [2.24, 2.45) is 5.41 Å². The third-order valence-corrected chi connectivity index (χ3v) is 5.05. The molecule has 1 aliphatic carbocycles. The van der Waals surface area contributed by atoms with Crippen LogP contribution in [0.5, 0.6) is 0 Å². The minimum absolute atomic E-state index is 0.577. The van der Waals surface area contributed by atoms with Gasteiger partial charge in [-0.3, -0.25) is 4.90 Å². The van der Waals surface area contributed by atoms with Crippen molar-refractivity contribution in [1.29, 1.82) is 0 Å². The molecule has 0 bridgehead atoms. The first kappa shape index (κ1) is 14.3. The largest absolute Gasteiger partial charge is 0.320 e. The summed E-state index contributed by atoms with van der Waals surface area (Å²) >= 11 is 0. The molecule has 1 aliphatic heterocycles. The van der Waals surface area contributed by atoms with Gasteiger partial charge in [-0.05, 0) is 64.1 Å². The Morgan fingerprint density at radius 1 is 1.17 bits per heavy atom. The summed E-state index contributed by atoms with van der Waals surface area (Å²) in [6.45, 7) is 7.46. The first-order chi connectivity index (χ1) is 8.62. The SMILES string of the molecule is CNCCC1CCCCN1C1CCCC(C)(C)C1. The highest BCUT2D eigenvalue weighted by atomic mass is 15.2. The third-order valence-electron chi connectivity index (χ3n) is 5.05. The number of hydrogen-bond donors (Lipinski definition) is 1. The van der Waals surface area contributed by atoms with E-state index in [4.69, 9.17) is 0 Å². The number of rotatable bonds is 4. The molecule has 1 heterocycles. The van der Waals surface area contributed by atoms with Gasteiger partial charge in [0, 0.05) is 12.1 Å². The van der Waals surface area contributed by atoms with E-state index >= 15 is 0 Å². The molecule has 2 aliphatic rings. The van der Waals surface area contributed by atoms with Crippen LogP contribution in [0.3, 0.4) is 0 Å². The van der Waals surface area contributed by atoms with Crippen molar-refractivity contribution in [3.05, 3.63) is 0 Å². The topological polar surface area (TPSA) is 15.3 Å². The molecule has 2 nitrogen and oxygen atoms in total. The van der Waals surface area contributed by atoms with E-state index in [0.717, 1.165) is 12.1 Å². The number of piperidine rings is 1. The molecule has 2 unspecified atom stereocenters. The van der Waals surface area contributed by atoms with Crippen LogP contribution in [-0.2, 0) is 0 Å². The van der Waals surface area contributed by atoms with E-state index in [1.54, 1.807) is 0 Å².